The first-order chi connectivity index (χ1) is 20.6. The Balaban J connectivity index is 1.22. The van der Waals surface area contributed by atoms with Crippen LogP contribution in [0.5, 0.6) is 11.5 Å². The van der Waals surface area contributed by atoms with Gasteiger partial charge in [-0.1, -0.05) is 36.4 Å². The lowest BCUT2D eigenvalue weighted by atomic mass is 10.1. The number of pyridine rings is 1. The van der Waals surface area contributed by atoms with Crippen molar-refractivity contribution in [2.75, 3.05) is 54.1 Å². The van der Waals surface area contributed by atoms with E-state index < -0.39 is 0 Å². The van der Waals surface area contributed by atoms with Crippen molar-refractivity contribution in [3.05, 3.63) is 91.0 Å². The highest BCUT2D eigenvalue weighted by Gasteiger charge is 2.13. The van der Waals surface area contributed by atoms with Crippen molar-refractivity contribution in [3.8, 4) is 11.5 Å². The molecule has 216 valence electrons. The Kier molecular flexibility index (Phi) is 9.85. The fourth-order valence-electron chi connectivity index (χ4n) is 4.79. The molecule has 0 atom stereocenters. The summed E-state index contributed by atoms with van der Waals surface area (Å²) in [5, 5.41) is 8.51. The third-order valence-corrected chi connectivity index (χ3v) is 7.18. The number of rotatable bonds is 13. The minimum absolute atomic E-state index is 0.157. The largest absolute Gasteiger partial charge is 0.494 e. The van der Waals surface area contributed by atoms with Crippen LogP contribution in [0.4, 0.5) is 22.7 Å². The van der Waals surface area contributed by atoms with E-state index >= 15 is 0 Å². The Bertz CT molecular complexity index is 1600. The molecule has 0 spiro atoms. The summed E-state index contributed by atoms with van der Waals surface area (Å²) in [5.74, 6) is 2.18. The van der Waals surface area contributed by atoms with Crippen molar-refractivity contribution >= 4 is 73.7 Å². The van der Waals surface area contributed by atoms with Gasteiger partial charge in [0.2, 0.25) is 5.91 Å². The number of fused-ring (bicyclic) bond motifs is 2. The van der Waals surface area contributed by atoms with Gasteiger partial charge in [-0.15, -0.1) is 23.2 Å². The van der Waals surface area contributed by atoms with Gasteiger partial charge in [0.05, 0.1) is 42.5 Å². The summed E-state index contributed by atoms with van der Waals surface area (Å²) in [7, 11) is 1.61. The molecule has 0 bridgehead atoms. The molecule has 0 saturated heterocycles. The quantitative estimate of drug-likeness (QED) is 0.106. The molecule has 4 aromatic carbocycles. The van der Waals surface area contributed by atoms with E-state index in [0.29, 0.717) is 42.0 Å². The molecule has 1 amide bonds. The summed E-state index contributed by atoms with van der Waals surface area (Å²) < 4.78 is 11.5. The Hall–Kier alpha value is -4.20. The first-order valence-electron chi connectivity index (χ1n) is 13.7. The Morgan fingerprint density at radius 3 is 2.12 bits per heavy atom. The Labute approximate surface area is 255 Å². The lowest BCUT2D eigenvalue weighted by Gasteiger charge is -2.23. The molecule has 2 N–H and O–H groups in total. The molecular formula is C33H32Cl2N4O3. The van der Waals surface area contributed by atoms with E-state index in [4.69, 9.17) is 37.7 Å². The monoisotopic (exact) mass is 602 g/mol. The van der Waals surface area contributed by atoms with Gasteiger partial charge in [0.1, 0.15) is 11.5 Å². The number of ether oxygens (including phenoxy) is 2. The number of hydrogen-bond donors (Lipinski definition) is 2. The Morgan fingerprint density at radius 2 is 1.50 bits per heavy atom. The molecule has 9 heteroatoms. The van der Waals surface area contributed by atoms with Crippen LogP contribution in [0.1, 0.15) is 6.42 Å². The van der Waals surface area contributed by atoms with Crippen LogP contribution in [0.15, 0.2) is 91.0 Å². The van der Waals surface area contributed by atoms with Crippen LogP contribution in [0.2, 0.25) is 0 Å². The zero-order chi connectivity index (χ0) is 29.3. The van der Waals surface area contributed by atoms with Crippen LogP contribution >= 0.6 is 23.2 Å². The maximum atomic E-state index is 12.7. The van der Waals surface area contributed by atoms with Gasteiger partial charge in [-0.25, -0.2) is 4.98 Å². The maximum Gasteiger partial charge on any atom is 0.227 e. The number of halogens is 2. The average molecular weight is 604 g/mol. The summed E-state index contributed by atoms with van der Waals surface area (Å²) in [6.07, 6.45) is 0.198. The maximum absolute atomic E-state index is 12.7. The number of carbonyl (C=O) groups is 1. The van der Waals surface area contributed by atoms with E-state index in [0.717, 1.165) is 38.9 Å². The minimum atomic E-state index is -0.157. The average Bonchev–Trinajstić information content (AvgIpc) is 3.02. The first kappa shape index (κ1) is 29.3. The standard InChI is InChI=1S/C33H32Cl2N4O3/c1-41-31-22-23(36-32(40)16-21-42-25-13-11-24(12-14-25)39(19-17-34)20-18-35)10-15-30(31)38-33-26-6-2-4-8-28(26)37-29-9-5-3-7-27(29)33/h2-15,22H,16-21H2,1H3,(H,36,40)(H,37,38). The summed E-state index contributed by atoms with van der Waals surface area (Å²) in [5.41, 5.74) is 5.19. The summed E-state index contributed by atoms with van der Waals surface area (Å²) in [4.78, 5) is 19.6. The van der Waals surface area contributed by atoms with E-state index in [2.05, 4.69) is 15.5 Å². The molecule has 0 aliphatic rings. The summed E-state index contributed by atoms with van der Waals surface area (Å²) in [6, 6.07) is 29.3. The molecule has 5 aromatic rings. The van der Waals surface area contributed by atoms with E-state index in [1.54, 1.807) is 13.2 Å². The Morgan fingerprint density at radius 1 is 0.857 bits per heavy atom. The third-order valence-electron chi connectivity index (χ3n) is 6.84. The molecule has 0 unspecified atom stereocenters. The topological polar surface area (TPSA) is 75.7 Å². The zero-order valence-electron chi connectivity index (χ0n) is 23.3. The fraction of sp³-hybridized carbons (Fsp3) is 0.212. The number of benzene rings is 4. The van der Waals surface area contributed by atoms with Crippen LogP contribution < -0.4 is 25.0 Å². The van der Waals surface area contributed by atoms with Crippen LogP contribution in [0.25, 0.3) is 21.8 Å². The number of aromatic nitrogens is 1. The van der Waals surface area contributed by atoms with Crippen molar-refractivity contribution in [2.24, 2.45) is 0 Å². The molecule has 0 radical (unpaired) electrons. The van der Waals surface area contributed by atoms with Gasteiger partial charge >= 0.3 is 0 Å². The number of hydrogen-bond acceptors (Lipinski definition) is 6. The SMILES string of the molecule is COc1cc(NC(=O)CCOc2ccc(N(CCCl)CCCl)cc2)ccc1Nc1c2ccccc2nc2ccccc12. The molecule has 1 aromatic heterocycles. The molecule has 7 nitrogen and oxygen atoms in total. The van der Waals surface area contributed by atoms with Gasteiger partial charge in [0.25, 0.3) is 0 Å². The van der Waals surface area contributed by atoms with Crippen molar-refractivity contribution < 1.29 is 14.3 Å². The minimum Gasteiger partial charge on any atom is -0.494 e. The van der Waals surface area contributed by atoms with Crippen molar-refractivity contribution in [1.29, 1.82) is 0 Å². The highest BCUT2D eigenvalue weighted by atomic mass is 35.5. The molecule has 0 aliphatic heterocycles. The van der Waals surface area contributed by atoms with E-state index in [1.807, 2.05) is 84.9 Å². The van der Waals surface area contributed by atoms with Crippen LogP contribution in [0, 0.1) is 0 Å². The number of carbonyl (C=O) groups excluding carboxylic acids is 1. The molecule has 0 fully saturated rings. The molecule has 5 rings (SSSR count). The van der Waals surface area contributed by atoms with E-state index in [-0.39, 0.29) is 18.9 Å². The zero-order valence-corrected chi connectivity index (χ0v) is 24.8. The second kappa shape index (κ2) is 14.1. The van der Waals surface area contributed by atoms with Gasteiger partial charge in [0.15, 0.2) is 0 Å². The fourth-order valence-corrected chi connectivity index (χ4v) is 5.20. The number of methoxy groups -OCH3 is 1. The smallest absolute Gasteiger partial charge is 0.227 e. The first-order valence-corrected chi connectivity index (χ1v) is 14.8. The molecule has 0 saturated carbocycles. The van der Waals surface area contributed by atoms with Crippen molar-refractivity contribution in [2.45, 2.75) is 6.42 Å². The van der Waals surface area contributed by atoms with Crippen molar-refractivity contribution in [3.63, 3.8) is 0 Å². The molecule has 0 aliphatic carbocycles. The predicted octanol–water partition coefficient (Wildman–Crippen LogP) is 7.83. The summed E-state index contributed by atoms with van der Waals surface area (Å²) in [6.45, 7) is 1.68. The van der Waals surface area contributed by atoms with Gasteiger partial charge < -0.3 is 25.0 Å². The van der Waals surface area contributed by atoms with Crippen LogP contribution in [-0.4, -0.2) is 49.5 Å². The number of amides is 1. The van der Waals surface area contributed by atoms with Gasteiger partial charge in [-0.2, -0.15) is 0 Å². The van der Waals surface area contributed by atoms with Gasteiger partial charge in [0, 0.05) is 53.1 Å². The molecular weight excluding hydrogens is 571 g/mol. The van der Waals surface area contributed by atoms with Crippen molar-refractivity contribution in [1.82, 2.24) is 4.98 Å². The summed E-state index contributed by atoms with van der Waals surface area (Å²) >= 11 is 11.8. The highest BCUT2D eigenvalue weighted by Crippen LogP contribution is 2.37. The number of anilines is 4. The van der Waals surface area contributed by atoms with Crippen LogP contribution in [-0.2, 0) is 4.79 Å². The number of alkyl halides is 2. The normalized spacial score (nSPS) is 10.9. The number of para-hydroxylation sites is 2. The highest BCUT2D eigenvalue weighted by molar-refractivity contribution is 6.18. The second-order valence-electron chi connectivity index (χ2n) is 9.57. The number of nitrogens with one attached hydrogen (secondary N) is 2. The molecule has 1 heterocycles. The second-order valence-corrected chi connectivity index (χ2v) is 10.3. The predicted molar refractivity (Wildman–Crippen MR) is 174 cm³/mol. The van der Waals surface area contributed by atoms with E-state index in [9.17, 15) is 4.79 Å². The lowest BCUT2D eigenvalue weighted by molar-refractivity contribution is -0.116. The van der Waals surface area contributed by atoms with Gasteiger partial charge in [-0.05, 0) is 48.5 Å². The van der Waals surface area contributed by atoms with E-state index in [1.165, 1.54) is 0 Å². The third kappa shape index (κ3) is 6.98. The lowest BCUT2D eigenvalue weighted by Crippen LogP contribution is -2.27. The number of nitrogens with zero attached hydrogens (tertiary/aromatic N) is 2. The van der Waals surface area contributed by atoms with Gasteiger partial charge in [-0.3, -0.25) is 4.79 Å². The van der Waals surface area contributed by atoms with Crippen LogP contribution in [0.3, 0.4) is 0 Å². The molecule has 42 heavy (non-hydrogen) atoms.